The van der Waals surface area contributed by atoms with Crippen LogP contribution in [0.1, 0.15) is 52.8 Å². The summed E-state index contributed by atoms with van der Waals surface area (Å²) in [4.78, 5) is 43.2. The molecule has 2 aromatic rings. The number of nitrogens with zero attached hydrogens (tertiary/aromatic N) is 2. The van der Waals surface area contributed by atoms with Crippen molar-refractivity contribution in [2.75, 3.05) is 33.3 Å². The van der Waals surface area contributed by atoms with Crippen LogP contribution in [0, 0.1) is 5.92 Å². The topological polar surface area (TPSA) is 79.0 Å². The Balaban J connectivity index is 1.47. The second kappa shape index (κ2) is 11.2. The first-order valence-corrected chi connectivity index (χ1v) is 12.1. The first-order valence-electron chi connectivity index (χ1n) is 12.1. The van der Waals surface area contributed by atoms with Crippen LogP contribution in [0.2, 0.25) is 0 Å². The van der Waals surface area contributed by atoms with Gasteiger partial charge in [-0.2, -0.15) is 0 Å². The maximum atomic E-state index is 13.5. The van der Waals surface area contributed by atoms with Crippen LogP contribution in [-0.4, -0.2) is 66.9 Å². The van der Waals surface area contributed by atoms with Gasteiger partial charge in [0.15, 0.2) is 0 Å². The summed E-state index contributed by atoms with van der Waals surface area (Å²) in [5.74, 6) is 0.294. The number of ether oxygens (including phenoxy) is 1. The van der Waals surface area contributed by atoms with Gasteiger partial charge >= 0.3 is 0 Å². The van der Waals surface area contributed by atoms with Gasteiger partial charge in [0, 0.05) is 37.3 Å². The van der Waals surface area contributed by atoms with E-state index in [2.05, 4.69) is 5.32 Å². The van der Waals surface area contributed by atoms with Gasteiger partial charge in [-0.25, -0.2) is 0 Å². The second-order valence-corrected chi connectivity index (χ2v) is 9.06. The fourth-order valence-corrected chi connectivity index (χ4v) is 4.88. The van der Waals surface area contributed by atoms with E-state index in [0.29, 0.717) is 42.8 Å². The number of amides is 3. The number of hydrogen-bond acceptors (Lipinski definition) is 4. The zero-order valence-electron chi connectivity index (χ0n) is 19.7. The number of methoxy groups -OCH3 is 1. The zero-order valence-corrected chi connectivity index (χ0v) is 19.7. The maximum Gasteiger partial charge on any atom is 0.253 e. The van der Waals surface area contributed by atoms with E-state index in [1.807, 2.05) is 40.1 Å². The average Bonchev–Trinajstić information content (AvgIpc) is 2.92. The number of likely N-dealkylation sites (tertiary alicyclic amines) is 2. The summed E-state index contributed by atoms with van der Waals surface area (Å²) >= 11 is 0. The Kier molecular flexibility index (Phi) is 7.83. The quantitative estimate of drug-likeness (QED) is 0.713. The van der Waals surface area contributed by atoms with E-state index in [4.69, 9.17) is 4.74 Å². The fourth-order valence-electron chi connectivity index (χ4n) is 4.88. The minimum absolute atomic E-state index is 0.0104. The molecule has 2 aromatic carbocycles. The van der Waals surface area contributed by atoms with Gasteiger partial charge in [0.2, 0.25) is 5.91 Å². The second-order valence-electron chi connectivity index (χ2n) is 9.06. The van der Waals surface area contributed by atoms with Crippen molar-refractivity contribution < 1.29 is 19.1 Å². The summed E-state index contributed by atoms with van der Waals surface area (Å²) in [6.07, 6.45) is 4.45. The summed E-state index contributed by atoms with van der Waals surface area (Å²) in [6.45, 7) is 2.60. The number of carbonyl (C=O) groups excluding carboxylic acids is 3. The number of benzene rings is 2. The molecule has 0 spiro atoms. The van der Waals surface area contributed by atoms with Crippen molar-refractivity contribution in [3.8, 4) is 5.75 Å². The molecular formula is C27H33N3O4. The van der Waals surface area contributed by atoms with Crippen LogP contribution in [-0.2, 0) is 4.79 Å². The van der Waals surface area contributed by atoms with E-state index in [0.717, 1.165) is 32.4 Å². The first kappa shape index (κ1) is 23.8. The molecule has 1 N–H and O–H groups in total. The molecule has 180 valence electrons. The van der Waals surface area contributed by atoms with Crippen LogP contribution >= 0.6 is 0 Å². The molecule has 0 aromatic heterocycles. The number of piperidine rings is 2. The lowest BCUT2D eigenvalue weighted by molar-refractivity contribution is -0.136. The summed E-state index contributed by atoms with van der Waals surface area (Å²) in [7, 11) is 1.56. The highest BCUT2D eigenvalue weighted by Gasteiger charge is 2.36. The van der Waals surface area contributed by atoms with Crippen molar-refractivity contribution in [1.82, 2.24) is 15.1 Å². The Bertz CT molecular complexity index is 996. The number of hydrogen-bond donors (Lipinski definition) is 1. The molecule has 0 saturated carbocycles. The van der Waals surface area contributed by atoms with E-state index in [-0.39, 0.29) is 23.6 Å². The van der Waals surface area contributed by atoms with Crippen LogP contribution in [0.25, 0.3) is 0 Å². The molecule has 0 aliphatic carbocycles. The van der Waals surface area contributed by atoms with E-state index in [9.17, 15) is 14.4 Å². The number of nitrogens with one attached hydrogen (secondary N) is 1. The lowest BCUT2D eigenvalue weighted by Gasteiger charge is -2.38. The summed E-state index contributed by atoms with van der Waals surface area (Å²) in [5, 5.41) is 3.04. The standard InChI is InChI=1S/C27H33N3O4/c1-34-23-12-8-11-22(19-23)25(31)28-24(27(33)29-15-6-3-7-16-29)20-13-17-30(18-14-20)26(32)21-9-4-2-5-10-21/h2,4-5,8-12,19-20,24H,3,6-7,13-18H2,1H3,(H,28,31). The highest BCUT2D eigenvalue weighted by atomic mass is 16.5. The van der Waals surface area contributed by atoms with Crippen molar-refractivity contribution in [2.45, 2.75) is 38.1 Å². The van der Waals surface area contributed by atoms with Gasteiger partial charge in [0.25, 0.3) is 11.8 Å². The highest BCUT2D eigenvalue weighted by Crippen LogP contribution is 2.25. The Morgan fingerprint density at radius 3 is 2.21 bits per heavy atom. The summed E-state index contributed by atoms with van der Waals surface area (Å²) < 4.78 is 5.25. The van der Waals surface area contributed by atoms with Crippen LogP contribution in [0.4, 0.5) is 0 Å². The first-order chi connectivity index (χ1) is 16.6. The van der Waals surface area contributed by atoms with E-state index in [1.54, 1.807) is 31.4 Å². The molecule has 0 radical (unpaired) electrons. The molecular weight excluding hydrogens is 430 g/mol. The average molecular weight is 464 g/mol. The zero-order chi connectivity index (χ0) is 23.9. The third-order valence-electron chi connectivity index (χ3n) is 6.87. The van der Waals surface area contributed by atoms with Gasteiger partial charge in [-0.15, -0.1) is 0 Å². The van der Waals surface area contributed by atoms with Crippen molar-refractivity contribution in [2.24, 2.45) is 5.92 Å². The van der Waals surface area contributed by atoms with Crippen molar-refractivity contribution in [3.05, 3.63) is 65.7 Å². The van der Waals surface area contributed by atoms with Crippen molar-refractivity contribution in [3.63, 3.8) is 0 Å². The molecule has 0 bridgehead atoms. The van der Waals surface area contributed by atoms with Gasteiger partial charge < -0.3 is 19.9 Å². The van der Waals surface area contributed by atoms with Crippen molar-refractivity contribution in [1.29, 1.82) is 0 Å². The molecule has 4 rings (SSSR count). The van der Waals surface area contributed by atoms with Gasteiger partial charge in [0.05, 0.1) is 7.11 Å². The Labute approximate surface area is 201 Å². The van der Waals surface area contributed by atoms with Crippen LogP contribution in [0.3, 0.4) is 0 Å². The monoisotopic (exact) mass is 463 g/mol. The predicted molar refractivity (Wildman–Crippen MR) is 130 cm³/mol. The van der Waals surface area contributed by atoms with Gasteiger partial charge in [-0.05, 0) is 68.4 Å². The molecule has 2 aliphatic rings. The minimum Gasteiger partial charge on any atom is -0.497 e. The number of rotatable bonds is 6. The van der Waals surface area contributed by atoms with Crippen molar-refractivity contribution >= 4 is 17.7 Å². The van der Waals surface area contributed by atoms with E-state index in [1.165, 1.54) is 0 Å². The molecule has 2 heterocycles. The molecule has 2 fully saturated rings. The van der Waals surface area contributed by atoms with Gasteiger partial charge in [0.1, 0.15) is 11.8 Å². The smallest absolute Gasteiger partial charge is 0.253 e. The molecule has 2 aliphatic heterocycles. The SMILES string of the molecule is COc1cccc(C(=O)NC(C(=O)N2CCCCC2)C2CCN(C(=O)c3ccccc3)CC2)c1. The van der Waals surface area contributed by atoms with Crippen LogP contribution in [0.15, 0.2) is 54.6 Å². The molecule has 7 nitrogen and oxygen atoms in total. The predicted octanol–water partition coefficient (Wildman–Crippen LogP) is 3.36. The normalized spacial score (nSPS) is 17.7. The third kappa shape index (κ3) is 5.58. The number of carbonyl (C=O) groups is 3. The largest absolute Gasteiger partial charge is 0.497 e. The van der Waals surface area contributed by atoms with E-state index < -0.39 is 6.04 Å². The van der Waals surface area contributed by atoms with Crippen LogP contribution < -0.4 is 10.1 Å². The Morgan fingerprint density at radius 2 is 1.53 bits per heavy atom. The minimum atomic E-state index is -0.606. The third-order valence-corrected chi connectivity index (χ3v) is 6.87. The molecule has 3 amide bonds. The highest BCUT2D eigenvalue weighted by molar-refractivity contribution is 5.98. The molecule has 1 unspecified atom stereocenters. The van der Waals surface area contributed by atoms with E-state index >= 15 is 0 Å². The lowest BCUT2D eigenvalue weighted by Crippen LogP contribution is -2.55. The Morgan fingerprint density at radius 1 is 0.853 bits per heavy atom. The fraction of sp³-hybridized carbons (Fsp3) is 0.444. The van der Waals surface area contributed by atoms with Gasteiger partial charge in [-0.3, -0.25) is 14.4 Å². The molecule has 1 atom stereocenters. The molecule has 7 heteroatoms. The Hall–Kier alpha value is -3.35. The van der Waals surface area contributed by atoms with Gasteiger partial charge in [-0.1, -0.05) is 24.3 Å². The molecule has 2 saturated heterocycles. The lowest BCUT2D eigenvalue weighted by atomic mass is 9.87. The summed E-state index contributed by atoms with van der Waals surface area (Å²) in [5.41, 5.74) is 1.14. The maximum absolute atomic E-state index is 13.5. The van der Waals surface area contributed by atoms with Crippen LogP contribution in [0.5, 0.6) is 5.75 Å². The summed E-state index contributed by atoms with van der Waals surface area (Å²) in [6, 6.07) is 15.6. The molecule has 34 heavy (non-hydrogen) atoms.